The van der Waals surface area contributed by atoms with E-state index in [0.717, 1.165) is 35.0 Å². The second kappa shape index (κ2) is 9.51. The highest BCUT2D eigenvalue weighted by Crippen LogP contribution is 2.29. The normalized spacial score (nSPS) is 12.1. The summed E-state index contributed by atoms with van der Waals surface area (Å²) in [7, 11) is 0. The van der Waals surface area contributed by atoms with Crippen LogP contribution >= 0.6 is 0 Å². The van der Waals surface area contributed by atoms with Crippen LogP contribution in [0.2, 0.25) is 0 Å². The first-order chi connectivity index (χ1) is 15.1. The zero-order valence-corrected chi connectivity index (χ0v) is 16.9. The van der Waals surface area contributed by atoms with E-state index >= 15 is 0 Å². The Kier molecular flexibility index (Phi) is 6.77. The van der Waals surface area contributed by atoms with E-state index < -0.39 is 42.2 Å². The van der Waals surface area contributed by atoms with E-state index in [4.69, 9.17) is 4.74 Å². The number of benzene rings is 3. The summed E-state index contributed by atoms with van der Waals surface area (Å²) in [6.07, 6.45) is -5.65. The fourth-order valence-corrected chi connectivity index (χ4v) is 2.93. The van der Waals surface area contributed by atoms with E-state index in [-0.39, 0.29) is 5.56 Å². The summed E-state index contributed by atoms with van der Waals surface area (Å²) in [5, 5.41) is 6.71. The number of ether oxygens (including phenoxy) is 1. The largest absolute Gasteiger partial charge is 0.451 e. The Morgan fingerprint density at radius 1 is 0.938 bits per heavy atom. The summed E-state index contributed by atoms with van der Waals surface area (Å²) in [6, 6.07) is 16.4. The van der Waals surface area contributed by atoms with Gasteiger partial charge in [-0.05, 0) is 42.6 Å². The standard InChI is InChI=1S/C23H19F3N2O4/c1-14(21(30)28-19-8-4-6-15-5-2-3-7-18(15)19)32-20(29)13-27-22(31)16-9-11-17(12-10-16)23(24,25)26/h2-12,14H,13H2,1H3,(H,27,31)(H,28,30). The summed E-state index contributed by atoms with van der Waals surface area (Å²) in [4.78, 5) is 36.4. The first-order valence-corrected chi connectivity index (χ1v) is 9.59. The number of anilines is 1. The van der Waals surface area contributed by atoms with Crippen LogP contribution in [0.3, 0.4) is 0 Å². The molecule has 0 radical (unpaired) electrons. The second-order valence-electron chi connectivity index (χ2n) is 6.91. The van der Waals surface area contributed by atoms with E-state index in [1.165, 1.54) is 6.92 Å². The van der Waals surface area contributed by atoms with Gasteiger partial charge in [-0.2, -0.15) is 13.2 Å². The van der Waals surface area contributed by atoms with Crippen LogP contribution in [0.15, 0.2) is 66.7 Å². The van der Waals surface area contributed by atoms with Gasteiger partial charge in [-0.15, -0.1) is 0 Å². The highest BCUT2D eigenvalue weighted by atomic mass is 19.4. The van der Waals surface area contributed by atoms with Gasteiger partial charge in [0.05, 0.1) is 5.56 Å². The monoisotopic (exact) mass is 444 g/mol. The van der Waals surface area contributed by atoms with Crippen molar-refractivity contribution in [3.8, 4) is 0 Å². The van der Waals surface area contributed by atoms with Gasteiger partial charge in [-0.3, -0.25) is 14.4 Å². The molecule has 0 spiro atoms. The summed E-state index contributed by atoms with van der Waals surface area (Å²) >= 11 is 0. The molecule has 0 bridgehead atoms. The van der Waals surface area contributed by atoms with Gasteiger partial charge >= 0.3 is 12.1 Å². The van der Waals surface area contributed by atoms with Crippen molar-refractivity contribution >= 4 is 34.2 Å². The molecule has 1 unspecified atom stereocenters. The smallest absolute Gasteiger partial charge is 0.416 e. The van der Waals surface area contributed by atoms with Crippen molar-refractivity contribution in [1.29, 1.82) is 0 Å². The molecular formula is C23H19F3N2O4. The van der Waals surface area contributed by atoms with E-state index in [2.05, 4.69) is 10.6 Å². The quantitative estimate of drug-likeness (QED) is 0.560. The SMILES string of the molecule is CC(OC(=O)CNC(=O)c1ccc(C(F)(F)F)cc1)C(=O)Nc1cccc2ccccc12. The molecule has 6 nitrogen and oxygen atoms in total. The molecule has 2 N–H and O–H groups in total. The molecule has 1 atom stereocenters. The topological polar surface area (TPSA) is 84.5 Å². The van der Waals surface area contributed by atoms with E-state index in [1.54, 1.807) is 12.1 Å². The molecule has 0 aliphatic rings. The lowest BCUT2D eigenvalue weighted by Gasteiger charge is -2.15. The molecule has 32 heavy (non-hydrogen) atoms. The number of halogens is 3. The van der Waals surface area contributed by atoms with Gasteiger partial charge in [-0.1, -0.05) is 36.4 Å². The van der Waals surface area contributed by atoms with Crippen LogP contribution in [0.25, 0.3) is 10.8 Å². The Labute approximate surface area is 181 Å². The van der Waals surface area contributed by atoms with E-state index in [0.29, 0.717) is 5.69 Å². The van der Waals surface area contributed by atoms with Gasteiger partial charge in [-0.25, -0.2) is 0 Å². The second-order valence-corrected chi connectivity index (χ2v) is 6.91. The van der Waals surface area contributed by atoms with Gasteiger partial charge in [0.25, 0.3) is 11.8 Å². The molecule has 3 rings (SSSR count). The predicted octanol–water partition coefficient (Wildman–Crippen LogP) is 4.16. The minimum absolute atomic E-state index is 0.0486. The van der Waals surface area contributed by atoms with Gasteiger partial charge < -0.3 is 15.4 Å². The van der Waals surface area contributed by atoms with Crippen molar-refractivity contribution in [2.24, 2.45) is 0 Å². The molecule has 0 aliphatic heterocycles. The highest BCUT2D eigenvalue weighted by molar-refractivity contribution is 6.04. The number of nitrogens with one attached hydrogen (secondary N) is 2. The third-order valence-corrected chi connectivity index (χ3v) is 4.59. The lowest BCUT2D eigenvalue weighted by atomic mass is 10.1. The van der Waals surface area contributed by atoms with Crippen LogP contribution in [-0.4, -0.2) is 30.4 Å². The number of hydrogen-bond donors (Lipinski definition) is 2. The maximum absolute atomic E-state index is 12.6. The Morgan fingerprint density at radius 2 is 1.59 bits per heavy atom. The molecule has 3 aromatic carbocycles. The van der Waals surface area contributed by atoms with Crippen LogP contribution < -0.4 is 10.6 Å². The van der Waals surface area contributed by atoms with Crippen LogP contribution in [-0.2, 0) is 20.5 Å². The molecule has 0 fully saturated rings. The summed E-state index contributed by atoms with van der Waals surface area (Å²) < 4.78 is 42.8. The zero-order chi connectivity index (χ0) is 23.3. The van der Waals surface area contributed by atoms with Crippen LogP contribution in [0.5, 0.6) is 0 Å². The van der Waals surface area contributed by atoms with Crippen LogP contribution in [0.4, 0.5) is 18.9 Å². The zero-order valence-electron chi connectivity index (χ0n) is 16.9. The maximum atomic E-state index is 12.6. The van der Waals surface area contributed by atoms with Gasteiger partial charge in [0.2, 0.25) is 0 Å². The van der Waals surface area contributed by atoms with Crippen molar-refractivity contribution < 1.29 is 32.3 Å². The maximum Gasteiger partial charge on any atom is 0.416 e. The van der Waals surface area contributed by atoms with Crippen molar-refractivity contribution in [2.45, 2.75) is 19.2 Å². The summed E-state index contributed by atoms with van der Waals surface area (Å²) in [5.41, 5.74) is -0.376. The molecule has 166 valence electrons. The molecule has 3 aromatic rings. The lowest BCUT2D eigenvalue weighted by Crippen LogP contribution is -2.35. The molecule has 0 heterocycles. The van der Waals surface area contributed by atoms with E-state index in [1.807, 2.05) is 30.3 Å². The lowest BCUT2D eigenvalue weighted by molar-refractivity contribution is -0.152. The first-order valence-electron chi connectivity index (χ1n) is 9.59. The van der Waals surface area contributed by atoms with Crippen molar-refractivity contribution in [3.63, 3.8) is 0 Å². The molecule has 9 heteroatoms. The molecule has 0 saturated carbocycles. The number of amides is 2. The first kappa shape index (κ1) is 22.8. The molecular weight excluding hydrogens is 425 g/mol. The highest BCUT2D eigenvalue weighted by Gasteiger charge is 2.30. The van der Waals surface area contributed by atoms with Crippen molar-refractivity contribution in [2.75, 3.05) is 11.9 Å². The average molecular weight is 444 g/mol. The van der Waals surface area contributed by atoms with Gasteiger partial charge in [0, 0.05) is 16.6 Å². The van der Waals surface area contributed by atoms with Crippen molar-refractivity contribution in [3.05, 3.63) is 77.9 Å². The molecule has 0 saturated heterocycles. The third kappa shape index (κ3) is 5.63. The van der Waals surface area contributed by atoms with Crippen LogP contribution in [0.1, 0.15) is 22.8 Å². The van der Waals surface area contributed by atoms with Gasteiger partial charge in [0.1, 0.15) is 6.54 Å². The Hall–Kier alpha value is -3.88. The predicted molar refractivity (Wildman–Crippen MR) is 112 cm³/mol. The number of esters is 1. The number of rotatable bonds is 6. The van der Waals surface area contributed by atoms with E-state index in [9.17, 15) is 27.6 Å². The van der Waals surface area contributed by atoms with Crippen LogP contribution in [0, 0.1) is 0 Å². The fourth-order valence-electron chi connectivity index (χ4n) is 2.93. The van der Waals surface area contributed by atoms with Gasteiger partial charge in [0.15, 0.2) is 6.10 Å². The summed E-state index contributed by atoms with van der Waals surface area (Å²) in [5.74, 6) is -2.17. The third-order valence-electron chi connectivity index (χ3n) is 4.59. The number of carbonyl (C=O) groups excluding carboxylic acids is 3. The average Bonchev–Trinajstić information content (AvgIpc) is 2.77. The number of hydrogen-bond acceptors (Lipinski definition) is 4. The fraction of sp³-hybridized carbons (Fsp3) is 0.174. The number of alkyl halides is 3. The Morgan fingerprint density at radius 3 is 2.28 bits per heavy atom. The summed E-state index contributed by atoms with van der Waals surface area (Å²) in [6.45, 7) is 0.835. The number of fused-ring (bicyclic) bond motifs is 1. The van der Waals surface area contributed by atoms with Crippen molar-refractivity contribution in [1.82, 2.24) is 5.32 Å². The Bertz CT molecular complexity index is 1140. The Balaban J connectivity index is 1.52. The minimum atomic E-state index is -4.51. The number of carbonyl (C=O) groups is 3. The minimum Gasteiger partial charge on any atom is -0.451 e. The molecule has 2 amide bonds. The molecule has 0 aliphatic carbocycles. The molecule has 0 aromatic heterocycles.